The molecule has 0 aliphatic heterocycles. The van der Waals surface area contributed by atoms with Crippen LogP contribution in [0.4, 0.5) is 11.4 Å². The minimum absolute atomic E-state index is 0.0588. The van der Waals surface area contributed by atoms with Crippen LogP contribution in [-0.4, -0.2) is 12.5 Å². The molecule has 3 nitrogen and oxygen atoms in total. The van der Waals surface area contributed by atoms with Gasteiger partial charge >= 0.3 is 0 Å². The zero-order valence-electron chi connectivity index (χ0n) is 10.3. The molecule has 2 aromatic rings. The summed E-state index contributed by atoms with van der Waals surface area (Å²) in [6.45, 7) is 2.53. The van der Waals surface area contributed by atoms with Gasteiger partial charge in [0.1, 0.15) is 0 Å². The fourth-order valence-electron chi connectivity index (χ4n) is 1.72. The number of amides is 1. The van der Waals surface area contributed by atoms with Gasteiger partial charge in [-0.2, -0.15) is 0 Å². The molecule has 2 N–H and O–H groups in total. The van der Waals surface area contributed by atoms with E-state index >= 15 is 0 Å². The molecule has 0 radical (unpaired) electrons. The normalized spacial score (nSPS) is 9.83. The van der Waals surface area contributed by atoms with Crippen LogP contribution in [0.1, 0.15) is 17.3 Å². The summed E-state index contributed by atoms with van der Waals surface area (Å²) in [4.78, 5) is 11.9. The lowest BCUT2D eigenvalue weighted by Gasteiger charge is -2.11. The minimum Gasteiger partial charge on any atom is -0.355 e. The van der Waals surface area contributed by atoms with Crippen molar-refractivity contribution in [3.63, 3.8) is 0 Å². The molecule has 0 aliphatic carbocycles. The fraction of sp³-hybridized carbons (Fsp3) is 0.133. The SMILES string of the molecule is CCNC(=O)c1ccccc1Nc1ccccc1. The van der Waals surface area contributed by atoms with Crippen LogP contribution < -0.4 is 10.6 Å². The fourth-order valence-corrected chi connectivity index (χ4v) is 1.72. The van der Waals surface area contributed by atoms with E-state index in [1.807, 2.05) is 61.5 Å². The largest absolute Gasteiger partial charge is 0.355 e. The van der Waals surface area contributed by atoms with Gasteiger partial charge in [-0.05, 0) is 31.2 Å². The number of benzene rings is 2. The Balaban J connectivity index is 2.25. The average Bonchev–Trinajstić information content (AvgIpc) is 2.41. The van der Waals surface area contributed by atoms with Crippen molar-refractivity contribution in [2.24, 2.45) is 0 Å². The Hall–Kier alpha value is -2.29. The number of nitrogens with one attached hydrogen (secondary N) is 2. The first-order chi connectivity index (χ1) is 8.81. The van der Waals surface area contributed by atoms with Crippen molar-refractivity contribution in [1.82, 2.24) is 5.32 Å². The molecule has 1 amide bonds. The van der Waals surface area contributed by atoms with Crippen molar-refractivity contribution < 1.29 is 4.79 Å². The molecule has 0 unspecified atom stereocenters. The van der Waals surface area contributed by atoms with Crippen LogP contribution in [0, 0.1) is 0 Å². The summed E-state index contributed by atoms with van der Waals surface area (Å²) in [6.07, 6.45) is 0. The lowest BCUT2D eigenvalue weighted by Crippen LogP contribution is -2.23. The van der Waals surface area contributed by atoms with Crippen molar-refractivity contribution in [2.45, 2.75) is 6.92 Å². The number of para-hydroxylation sites is 2. The van der Waals surface area contributed by atoms with Gasteiger partial charge < -0.3 is 10.6 Å². The van der Waals surface area contributed by atoms with Gasteiger partial charge in [0.2, 0.25) is 0 Å². The van der Waals surface area contributed by atoms with E-state index in [1.54, 1.807) is 0 Å². The Bertz CT molecular complexity index is 523. The van der Waals surface area contributed by atoms with E-state index in [0.29, 0.717) is 12.1 Å². The van der Waals surface area contributed by atoms with Crippen LogP contribution in [-0.2, 0) is 0 Å². The molecule has 0 saturated heterocycles. The molecule has 92 valence electrons. The highest BCUT2D eigenvalue weighted by atomic mass is 16.1. The number of hydrogen-bond acceptors (Lipinski definition) is 2. The number of anilines is 2. The smallest absolute Gasteiger partial charge is 0.253 e. The predicted molar refractivity (Wildman–Crippen MR) is 74.2 cm³/mol. The quantitative estimate of drug-likeness (QED) is 0.861. The van der Waals surface area contributed by atoms with Gasteiger partial charge in [-0.15, -0.1) is 0 Å². The summed E-state index contributed by atoms with van der Waals surface area (Å²) < 4.78 is 0. The van der Waals surface area contributed by atoms with Gasteiger partial charge in [-0.25, -0.2) is 0 Å². The summed E-state index contributed by atoms with van der Waals surface area (Å²) in [5.74, 6) is -0.0588. The Labute approximate surface area is 107 Å². The van der Waals surface area contributed by atoms with Gasteiger partial charge in [0, 0.05) is 12.2 Å². The maximum Gasteiger partial charge on any atom is 0.253 e. The molecule has 0 atom stereocenters. The molecular formula is C15H16N2O. The molecule has 18 heavy (non-hydrogen) atoms. The average molecular weight is 240 g/mol. The number of carbonyl (C=O) groups excluding carboxylic acids is 1. The predicted octanol–water partition coefficient (Wildman–Crippen LogP) is 3.18. The molecular weight excluding hydrogens is 224 g/mol. The second-order valence-electron chi connectivity index (χ2n) is 3.90. The van der Waals surface area contributed by atoms with Gasteiger partial charge in [-0.3, -0.25) is 4.79 Å². The third-order valence-corrected chi connectivity index (χ3v) is 2.56. The van der Waals surface area contributed by atoms with Crippen molar-refractivity contribution in [1.29, 1.82) is 0 Å². The van der Waals surface area contributed by atoms with Crippen LogP contribution in [0.25, 0.3) is 0 Å². The highest BCUT2D eigenvalue weighted by molar-refractivity contribution is 6.00. The summed E-state index contributed by atoms with van der Waals surface area (Å²) in [5, 5.41) is 6.06. The molecule has 2 aromatic carbocycles. The second-order valence-corrected chi connectivity index (χ2v) is 3.90. The van der Waals surface area contributed by atoms with Gasteiger partial charge in [0.25, 0.3) is 5.91 Å². The van der Waals surface area contributed by atoms with Crippen molar-refractivity contribution in [3.05, 3.63) is 60.2 Å². The lowest BCUT2D eigenvalue weighted by atomic mass is 10.1. The number of carbonyl (C=O) groups is 1. The van der Waals surface area contributed by atoms with E-state index in [-0.39, 0.29) is 5.91 Å². The zero-order valence-corrected chi connectivity index (χ0v) is 10.3. The molecule has 0 heterocycles. The Morgan fingerprint density at radius 2 is 1.67 bits per heavy atom. The summed E-state index contributed by atoms with van der Waals surface area (Å²) >= 11 is 0. The molecule has 3 heteroatoms. The maximum atomic E-state index is 11.9. The van der Waals surface area contributed by atoms with E-state index in [2.05, 4.69) is 10.6 Å². The van der Waals surface area contributed by atoms with Crippen LogP contribution in [0.2, 0.25) is 0 Å². The Morgan fingerprint density at radius 1 is 1.00 bits per heavy atom. The monoisotopic (exact) mass is 240 g/mol. The van der Waals surface area contributed by atoms with E-state index in [1.165, 1.54) is 0 Å². The highest BCUT2D eigenvalue weighted by Crippen LogP contribution is 2.20. The topological polar surface area (TPSA) is 41.1 Å². The van der Waals surface area contributed by atoms with Crippen molar-refractivity contribution >= 4 is 17.3 Å². The van der Waals surface area contributed by atoms with E-state index in [4.69, 9.17) is 0 Å². The molecule has 0 aliphatic rings. The molecule has 0 aromatic heterocycles. The first-order valence-electron chi connectivity index (χ1n) is 6.00. The summed E-state index contributed by atoms with van der Waals surface area (Å²) in [7, 11) is 0. The van der Waals surface area contributed by atoms with Gasteiger partial charge in [0.05, 0.1) is 11.3 Å². The first kappa shape index (κ1) is 12.2. The maximum absolute atomic E-state index is 11.9. The molecule has 0 fully saturated rings. The molecule has 2 rings (SSSR count). The van der Waals surface area contributed by atoms with Crippen LogP contribution in [0.5, 0.6) is 0 Å². The zero-order chi connectivity index (χ0) is 12.8. The van der Waals surface area contributed by atoms with Gasteiger partial charge in [-0.1, -0.05) is 30.3 Å². The van der Waals surface area contributed by atoms with E-state index in [0.717, 1.165) is 11.4 Å². The molecule has 0 saturated carbocycles. The second kappa shape index (κ2) is 5.87. The lowest BCUT2D eigenvalue weighted by molar-refractivity contribution is 0.0956. The first-order valence-corrected chi connectivity index (χ1v) is 6.00. The van der Waals surface area contributed by atoms with Crippen LogP contribution in [0.15, 0.2) is 54.6 Å². The van der Waals surface area contributed by atoms with E-state index in [9.17, 15) is 4.79 Å². The van der Waals surface area contributed by atoms with Crippen LogP contribution in [0.3, 0.4) is 0 Å². The molecule has 0 bridgehead atoms. The van der Waals surface area contributed by atoms with E-state index < -0.39 is 0 Å². The highest BCUT2D eigenvalue weighted by Gasteiger charge is 2.09. The Morgan fingerprint density at radius 3 is 2.39 bits per heavy atom. The summed E-state index contributed by atoms with van der Waals surface area (Å²) in [6, 6.07) is 17.3. The Kier molecular flexibility index (Phi) is 3.97. The number of hydrogen-bond donors (Lipinski definition) is 2. The van der Waals surface area contributed by atoms with Crippen LogP contribution >= 0.6 is 0 Å². The van der Waals surface area contributed by atoms with Crippen molar-refractivity contribution in [2.75, 3.05) is 11.9 Å². The standard InChI is InChI=1S/C15H16N2O/c1-2-16-15(18)13-10-6-7-11-14(13)17-12-8-4-3-5-9-12/h3-11,17H,2H2,1H3,(H,16,18). The third-order valence-electron chi connectivity index (χ3n) is 2.56. The van der Waals surface area contributed by atoms with Gasteiger partial charge in [0.15, 0.2) is 0 Å². The third kappa shape index (κ3) is 2.88. The molecule has 0 spiro atoms. The van der Waals surface area contributed by atoms with Crippen molar-refractivity contribution in [3.8, 4) is 0 Å². The number of rotatable bonds is 4. The minimum atomic E-state index is -0.0588. The summed E-state index contributed by atoms with van der Waals surface area (Å²) in [5.41, 5.74) is 2.44.